The van der Waals surface area contributed by atoms with Gasteiger partial charge in [-0.05, 0) is 40.8 Å². The lowest BCUT2D eigenvalue weighted by atomic mass is 9.87. The van der Waals surface area contributed by atoms with Crippen molar-refractivity contribution in [2.24, 2.45) is 0 Å². The SMILES string of the molecule is CC(C)(C)c1cccc(OCCNC(=O)Cc2ccc(Br)cc2)c1. The molecule has 1 N–H and O–H groups in total. The predicted molar refractivity (Wildman–Crippen MR) is 101 cm³/mol. The molecule has 128 valence electrons. The zero-order valence-electron chi connectivity index (χ0n) is 14.4. The summed E-state index contributed by atoms with van der Waals surface area (Å²) >= 11 is 3.39. The molecular formula is C20H24BrNO2. The van der Waals surface area contributed by atoms with E-state index in [0.717, 1.165) is 15.8 Å². The number of carbonyl (C=O) groups excluding carboxylic acids is 1. The molecule has 0 atom stereocenters. The third-order valence-electron chi connectivity index (χ3n) is 3.67. The summed E-state index contributed by atoms with van der Waals surface area (Å²) in [5.74, 6) is 0.842. The standard InChI is InChI=1S/C20H24BrNO2/c1-20(2,3)16-5-4-6-18(14-16)24-12-11-22-19(23)13-15-7-9-17(21)10-8-15/h4-10,14H,11-13H2,1-3H3,(H,22,23). The molecule has 0 bridgehead atoms. The lowest BCUT2D eigenvalue weighted by Crippen LogP contribution is -2.29. The average Bonchev–Trinajstić information content (AvgIpc) is 2.53. The van der Waals surface area contributed by atoms with Gasteiger partial charge in [-0.15, -0.1) is 0 Å². The molecule has 0 saturated heterocycles. The fourth-order valence-electron chi connectivity index (χ4n) is 2.26. The van der Waals surface area contributed by atoms with Crippen LogP contribution in [0.25, 0.3) is 0 Å². The number of hydrogen-bond acceptors (Lipinski definition) is 2. The molecule has 0 heterocycles. The van der Waals surface area contributed by atoms with Crippen LogP contribution in [0.4, 0.5) is 0 Å². The Labute approximate surface area is 152 Å². The van der Waals surface area contributed by atoms with Gasteiger partial charge in [0.05, 0.1) is 13.0 Å². The first-order chi connectivity index (χ1) is 11.3. The van der Waals surface area contributed by atoms with E-state index in [1.165, 1.54) is 5.56 Å². The Morgan fingerprint density at radius 3 is 2.50 bits per heavy atom. The van der Waals surface area contributed by atoms with Crippen LogP contribution in [0.15, 0.2) is 53.0 Å². The summed E-state index contributed by atoms with van der Waals surface area (Å²) in [6, 6.07) is 15.9. The van der Waals surface area contributed by atoms with Gasteiger partial charge in [0.1, 0.15) is 12.4 Å². The van der Waals surface area contributed by atoms with Crippen molar-refractivity contribution in [2.75, 3.05) is 13.2 Å². The first-order valence-electron chi connectivity index (χ1n) is 8.09. The topological polar surface area (TPSA) is 38.3 Å². The molecule has 2 rings (SSSR count). The van der Waals surface area contributed by atoms with Crippen molar-refractivity contribution in [2.45, 2.75) is 32.6 Å². The number of carbonyl (C=O) groups is 1. The number of nitrogens with one attached hydrogen (secondary N) is 1. The molecule has 0 fully saturated rings. The third-order valence-corrected chi connectivity index (χ3v) is 4.20. The molecular weight excluding hydrogens is 366 g/mol. The molecule has 2 aromatic rings. The van der Waals surface area contributed by atoms with Crippen LogP contribution in [0.5, 0.6) is 5.75 Å². The molecule has 0 unspecified atom stereocenters. The zero-order valence-corrected chi connectivity index (χ0v) is 16.0. The predicted octanol–water partition coefficient (Wildman–Crippen LogP) is 4.48. The van der Waals surface area contributed by atoms with Crippen LogP contribution in [0.3, 0.4) is 0 Å². The van der Waals surface area contributed by atoms with Crippen molar-refractivity contribution in [3.8, 4) is 5.75 Å². The molecule has 24 heavy (non-hydrogen) atoms. The Bertz CT molecular complexity index is 675. The fraction of sp³-hybridized carbons (Fsp3) is 0.350. The zero-order chi connectivity index (χ0) is 17.6. The normalized spacial score (nSPS) is 11.2. The van der Waals surface area contributed by atoms with E-state index in [-0.39, 0.29) is 11.3 Å². The summed E-state index contributed by atoms with van der Waals surface area (Å²) in [7, 11) is 0. The molecule has 0 aromatic heterocycles. The van der Waals surface area contributed by atoms with E-state index >= 15 is 0 Å². The van der Waals surface area contributed by atoms with Gasteiger partial charge in [-0.1, -0.05) is 61.0 Å². The van der Waals surface area contributed by atoms with Crippen LogP contribution in [0.2, 0.25) is 0 Å². The van der Waals surface area contributed by atoms with E-state index in [2.05, 4.69) is 54.2 Å². The Morgan fingerprint density at radius 2 is 1.83 bits per heavy atom. The van der Waals surface area contributed by atoms with Crippen LogP contribution in [-0.2, 0) is 16.6 Å². The van der Waals surface area contributed by atoms with Crippen molar-refractivity contribution in [3.05, 3.63) is 64.1 Å². The summed E-state index contributed by atoms with van der Waals surface area (Å²) in [5, 5.41) is 2.89. The van der Waals surface area contributed by atoms with Gasteiger partial charge in [-0.3, -0.25) is 4.79 Å². The van der Waals surface area contributed by atoms with Crippen LogP contribution in [0.1, 0.15) is 31.9 Å². The van der Waals surface area contributed by atoms with E-state index < -0.39 is 0 Å². The second-order valence-corrected chi connectivity index (χ2v) is 7.70. The summed E-state index contributed by atoms with van der Waals surface area (Å²) < 4.78 is 6.75. The lowest BCUT2D eigenvalue weighted by molar-refractivity contribution is -0.120. The molecule has 1 amide bonds. The number of ether oxygens (including phenoxy) is 1. The van der Waals surface area contributed by atoms with Gasteiger partial charge in [0.2, 0.25) is 5.91 Å². The molecule has 2 aromatic carbocycles. The summed E-state index contributed by atoms with van der Waals surface area (Å²) in [6.07, 6.45) is 0.382. The maximum atomic E-state index is 11.9. The second kappa shape index (κ2) is 8.34. The first-order valence-corrected chi connectivity index (χ1v) is 8.88. The molecule has 0 aliphatic rings. The molecule has 4 heteroatoms. The summed E-state index contributed by atoms with van der Waals surface area (Å²) in [5.41, 5.74) is 2.33. The van der Waals surface area contributed by atoms with Crippen LogP contribution in [0, 0.1) is 0 Å². The largest absolute Gasteiger partial charge is 0.492 e. The Hall–Kier alpha value is -1.81. The molecule has 3 nitrogen and oxygen atoms in total. The van der Waals surface area contributed by atoms with Crippen molar-refractivity contribution in [3.63, 3.8) is 0 Å². The maximum absolute atomic E-state index is 11.9. The van der Waals surface area contributed by atoms with Crippen molar-refractivity contribution >= 4 is 21.8 Å². The monoisotopic (exact) mass is 389 g/mol. The highest BCUT2D eigenvalue weighted by atomic mass is 79.9. The highest BCUT2D eigenvalue weighted by Crippen LogP contribution is 2.25. The van der Waals surface area contributed by atoms with Gasteiger partial charge in [0.15, 0.2) is 0 Å². The number of rotatable bonds is 6. The van der Waals surface area contributed by atoms with Gasteiger partial charge in [0, 0.05) is 4.47 Å². The van der Waals surface area contributed by atoms with Crippen molar-refractivity contribution in [1.29, 1.82) is 0 Å². The molecule has 0 aliphatic carbocycles. The minimum absolute atomic E-state index is 0.00404. The van der Waals surface area contributed by atoms with E-state index in [0.29, 0.717) is 19.6 Å². The maximum Gasteiger partial charge on any atom is 0.224 e. The number of halogens is 1. The van der Waals surface area contributed by atoms with Gasteiger partial charge in [-0.25, -0.2) is 0 Å². The Morgan fingerprint density at radius 1 is 1.12 bits per heavy atom. The first kappa shape index (κ1) is 18.5. The number of benzene rings is 2. The van der Waals surface area contributed by atoms with Gasteiger partial charge in [-0.2, -0.15) is 0 Å². The van der Waals surface area contributed by atoms with E-state index in [1.807, 2.05) is 36.4 Å². The second-order valence-electron chi connectivity index (χ2n) is 6.78. The Kier molecular flexibility index (Phi) is 6.44. The van der Waals surface area contributed by atoms with Crippen LogP contribution >= 0.6 is 15.9 Å². The highest BCUT2D eigenvalue weighted by Gasteiger charge is 2.13. The van der Waals surface area contributed by atoms with Crippen molar-refractivity contribution < 1.29 is 9.53 Å². The molecule has 0 aliphatic heterocycles. The van der Waals surface area contributed by atoms with Gasteiger partial charge >= 0.3 is 0 Å². The summed E-state index contributed by atoms with van der Waals surface area (Å²) in [4.78, 5) is 11.9. The lowest BCUT2D eigenvalue weighted by Gasteiger charge is -2.19. The van der Waals surface area contributed by atoms with E-state index in [1.54, 1.807) is 0 Å². The fourth-order valence-corrected chi connectivity index (χ4v) is 2.53. The van der Waals surface area contributed by atoms with E-state index in [4.69, 9.17) is 4.74 Å². The number of amides is 1. The average molecular weight is 390 g/mol. The van der Waals surface area contributed by atoms with Gasteiger partial charge in [0.25, 0.3) is 0 Å². The summed E-state index contributed by atoms with van der Waals surface area (Å²) in [6.45, 7) is 7.48. The minimum atomic E-state index is 0.00404. The minimum Gasteiger partial charge on any atom is -0.492 e. The molecule has 0 saturated carbocycles. The number of hydrogen-bond donors (Lipinski definition) is 1. The molecule has 0 spiro atoms. The quantitative estimate of drug-likeness (QED) is 0.739. The highest BCUT2D eigenvalue weighted by molar-refractivity contribution is 9.10. The molecule has 0 radical (unpaired) electrons. The van der Waals surface area contributed by atoms with Gasteiger partial charge < -0.3 is 10.1 Å². The van der Waals surface area contributed by atoms with Crippen molar-refractivity contribution in [1.82, 2.24) is 5.32 Å². The third kappa shape index (κ3) is 6.00. The van der Waals surface area contributed by atoms with Crippen LogP contribution in [-0.4, -0.2) is 19.1 Å². The van der Waals surface area contributed by atoms with Crippen LogP contribution < -0.4 is 10.1 Å². The smallest absolute Gasteiger partial charge is 0.224 e. The Balaban J connectivity index is 1.74. The van der Waals surface area contributed by atoms with E-state index in [9.17, 15) is 4.79 Å².